The van der Waals surface area contributed by atoms with E-state index in [9.17, 15) is 9.59 Å². The number of carbonyl (C=O) groups excluding carboxylic acids is 2. The zero-order valence-electron chi connectivity index (χ0n) is 20.4. The Morgan fingerprint density at radius 1 is 0.824 bits per heavy atom. The second kappa shape index (κ2) is 12.0. The minimum Gasteiger partial charge on any atom is -0.480 e. The lowest BCUT2D eigenvalue weighted by Crippen LogP contribution is -2.34. The Morgan fingerprint density at radius 2 is 1.47 bits per heavy atom. The summed E-state index contributed by atoms with van der Waals surface area (Å²) in [5, 5.41) is 5.93. The van der Waals surface area contributed by atoms with Gasteiger partial charge in [0.05, 0.1) is 17.3 Å². The van der Waals surface area contributed by atoms with Gasteiger partial charge in [0.15, 0.2) is 6.10 Å². The molecule has 3 atom stereocenters. The molecule has 34 heavy (non-hydrogen) atoms. The smallest absolute Gasteiger partial charge is 0.265 e. The second-order valence-electron chi connectivity index (χ2n) is 8.50. The van der Waals surface area contributed by atoms with Crippen LogP contribution in [0.5, 0.6) is 5.75 Å². The van der Waals surface area contributed by atoms with E-state index in [2.05, 4.69) is 24.5 Å². The first-order valence-electron chi connectivity index (χ1n) is 12.0. The van der Waals surface area contributed by atoms with Gasteiger partial charge in [-0.25, -0.2) is 0 Å². The van der Waals surface area contributed by atoms with Crippen LogP contribution in [0.15, 0.2) is 78.9 Å². The number of para-hydroxylation sites is 2. The summed E-state index contributed by atoms with van der Waals surface area (Å²) in [7, 11) is 0. The molecule has 3 rings (SSSR count). The predicted molar refractivity (Wildman–Crippen MR) is 137 cm³/mol. The fraction of sp³-hybridized carbons (Fsp3) is 0.310. The van der Waals surface area contributed by atoms with Gasteiger partial charge in [0, 0.05) is 0 Å². The molecule has 0 spiro atoms. The zero-order valence-corrected chi connectivity index (χ0v) is 20.4. The molecule has 2 N–H and O–H groups in total. The molecule has 0 bridgehead atoms. The van der Waals surface area contributed by atoms with Gasteiger partial charge in [-0.3, -0.25) is 9.59 Å². The third-order valence-electron chi connectivity index (χ3n) is 6.07. The Balaban J connectivity index is 1.74. The van der Waals surface area contributed by atoms with E-state index in [1.807, 2.05) is 68.4 Å². The van der Waals surface area contributed by atoms with Crippen LogP contribution in [0, 0.1) is 0 Å². The van der Waals surface area contributed by atoms with E-state index in [-0.39, 0.29) is 17.9 Å². The first-order chi connectivity index (χ1) is 16.4. The largest absolute Gasteiger partial charge is 0.480 e. The summed E-state index contributed by atoms with van der Waals surface area (Å²) in [5.41, 5.74) is 2.97. The Bertz CT molecular complexity index is 1100. The van der Waals surface area contributed by atoms with E-state index >= 15 is 0 Å². The SMILES string of the molecule is CCC(Oc1ccccc1C(C)CC)C(=O)Nc1ccccc1C(=O)NC(C)c1ccccc1. The van der Waals surface area contributed by atoms with Crippen LogP contribution in [0.4, 0.5) is 5.69 Å². The number of benzene rings is 3. The number of carbonyl (C=O) groups is 2. The van der Waals surface area contributed by atoms with E-state index in [1.165, 1.54) is 0 Å². The molecule has 0 heterocycles. The van der Waals surface area contributed by atoms with Crippen molar-refractivity contribution < 1.29 is 14.3 Å². The Labute approximate surface area is 202 Å². The summed E-state index contributed by atoms with van der Waals surface area (Å²) in [6.07, 6.45) is 0.803. The highest BCUT2D eigenvalue weighted by Gasteiger charge is 2.23. The standard InChI is InChI=1S/C29H34N2O3/c1-5-20(3)23-16-11-13-19-27(23)34-26(6-2)29(33)31-25-18-12-10-17-24(25)28(32)30-21(4)22-14-8-7-9-15-22/h7-21,26H,5-6H2,1-4H3,(H,30,32)(H,31,33). The molecule has 0 aromatic heterocycles. The quantitative estimate of drug-likeness (QED) is 0.365. The summed E-state index contributed by atoms with van der Waals surface area (Å²) >= 11 is 0. The van der Waals surface area contributed by atoms with Gasteiger partial charge in [-0.2, -0.15) is 0 Å². The number of ether oxygens (including phenoxy) is 1. The van der Waals surface area contributed by atoms with Crippen LogP contribution < -0.4 is 15.4 Å². The van der Waals surface area contributed by atoms with Gasteiger partial charge in [0.25, 0.3) is 11.8 Å². The minimum absolute atomic E-state index is 0.166. The maximum Gasteiger partial charge on any atom is 0.265 e. The Kier molecular flexibility index (Phi) is 8.86. The van der Waals surface area contributed by atoms with E-state index in [4.69, 9.17) is 4.74 Å². The first kappa shape index (κ1) is 25.0. The zero-order chi connectivity index (χ0) is 24.5. The highest BCUT2D eigenvalue weighted by atomic mass is 16.5. The van der Waals surface area contributed by atoms with Crippen LogP contribution in [0.1, 0.15) is 74.0 Å². The van der Waals surface area contributed by atoms with E-state index in [0.29, 0.717) is 23.6 Å². The maximum atomic E-state index is 13.1. The maximum absolute atomic E-state index is 13.1. The van der Waals surface area contributed by atoms with Gasteiger partial charge < -0.3 is 15.4 Å². The normalized spacial score (nSPS) is 13.4. The summed E-state index contributed by atoms with van der Waals surface area (Å²) in [4.78, 5) is 26.2. The predicted octanol–water partition coefficient (Wildman–Crippen LogP) is 6.49. The number of hydrogen-bond donors (Lipinski definition) is 2. The lowest BCUT2D eigenvalue weighted by Gasteiger charge is -2.22. The molecule has 0 saturated carbocycles. The van der Waals surface area contributed by atoms with Crippen LogP contribution in [0.2, 0.25) is 0 Å². The molecular formula is C29H34N2O3. The molecule has 0 aliphatic carbocycles. The van der Waals surface area contributed by atoms with Crippen molar-refractivity contribution in [1.29, 1.82) is 0 Å². The molecule has 5 heteroatoms. The van der Waals surface area contributed by atoms with Crippen LogP contribution >= 0.6 is 0 Å². The first-order valence-corrected chi connectivity index (χ1v) is 12.0. The molecule has 5 nitrogen and oxygen atoms in total. The number of amides is 2. The van der Waals surface area contributed by atoms with E-state index < -0.39 is 6.10 Å². The third kappa shape index (κ3) is 6.25. The molecule has 0 aliphatic rings. The van der Waals surface area contributed by atoms with Crippen LogP contribution in [-0.2, 0) is 4.79 Å². The van der Waals surface area contributed by atoms with Gasteiger partial charge >= 0.3 is 0 Å². The van der Waals surface area contributed by atoms with Gasteiger partial charge in [0.2, 0.25) is 0 Å². The third-order valence-corrected chi connectivity index (χ3v) is 6.07. The van der Waals surface area contributed by atoms with Crippen molar-refractivity contribution >= 4 is 17.5 Å². The van der Waals surface area contributed by atoms with Crippen molar-refractivity contribution in [3.63, 3.8) is 0 Å². The average molecular weight is 459 g/mol. The average Bonchev–Trinajstić information content (AvgIpc) is 2.87. The van der Waals surface area contributed by atoms with Gasteiger partial charge in [-0.15, -0.1) is 0 Å². The molecule has 0 fully saturated rings. The summed E-state index contributed by atoms with van der Waals surface area (Å²) in [6, 6.07) is 24.5. The van der Waals surface area contributed by atoms with Crippen molar-refractivity contribution in [2.75, 3.05) is 5.32 Å². The summed E-state index contributed by atoms with van der Waals surface area (Å²) < 4.78 is 6.16. The van der Waals surface area contributed by atoms with Gasteiger partial charge in [-0.1, -0.05) is 81.4 Å². The van der Waals surface area contributed by atoms with E-state index in [1.54, 1.807) is 24.3 Å². The van der Waals surface area contributed by atoms with Crippen molar-refractivity contribution in [2.24, 2.45) is 0 Å². The lowest BCUT2D eigenvalue weighted by atomic mass is 9.98. The van der Waals surface area contributed by atoms with Crippen LogP contribution in [0.25, 0.3) is 0 Å². The highest BCUT2D eigenvalue weighted by molar-refractivity contribution is 6.04. The van der Waals surface area contributed by atoms with Crippen molar-refractivity contribution in [1.82, 2.24) is 5.32 Å². The molecule has 0 saturated heterocycles. The summed E-state index contributed by atoms with van der Waals surface area (Å²) in [5.74, 6) is 0.524. The number of hydrogen-bond acceptors (Lipinski definition) is 3. The molecule has 3 unspecified atom stereocenters. The fourth-order valence-electron chi connectivity index (χ4n) is 3.79. The Hall–Kier alpha value is -3.60. The van der Waals surface area contributed by atoms with Crippen molar-refractivity contribution in [3.05, 3.63) is 95.6 Å². The van der Waals surface area contributed by atoms with E-state index in [0.717, 1.165) is 23.3 Å². The number of nitrogens with one attached hydrogen (secondary N) is 2. The second-order valence-corrected chi connectivity index (χ2v) is 8.50. The molecule has 0 aliphatic heterocycles. The molecule has 0 radical (unpaired) electrons. The molecule has 3 aromatic carbocycles. The lowest BCUT2D eigenvalue weighted by molar-refractivity contribution is -0.122. The van der Waals surface area contributed by atoms with Gasteiger partial charge in [-0.05, 0) is 55.0 Å². The number of anilines is 1. The topological polar surface area (TPSA) is 67.4 Å². The van der Waals surface area contributed by atoms with Crippen molar-refractivity contribution in [3.8, 4) is 5.75 Å². The number of rotatable bonds is 10. The van der Waals surface area contributed by atoms with Gasteiger partial charge in [0.1, 0.15) is 5.75 Å². The Morgan fingerprint density at radius 3 is 2.18 bits per heavy atom. The van der Waals surface area contributed by atoms with Crippen LogP contribution in [0.3, 0.4) is 0 Å². The summed E-state index contributed by atoms with van der Waals surface area (Å²) in [6.45, 7) is 8.13. The van der Waals surface area contributed by atoms with Crippen molar-refractivity contribution in [2.45, 2.75) is 58.6 Å². The molecule has 178 valence electrons. The molecule has 2 amide bonds. The fourth-order valence-corrected chi connectivity index (χ4v) is 3.79. The molecule has 3 aromatic rings. The molecular weight excluding hydrogens is 424 g/mol. The minimum atomic E-state index is -0.676. The van der Waals surface area contributed by atoms with Crippen LogP contribution in [-0.4, -0.2) is 17.9 Å². The highest BCUT2D eigenvalue weighted by Crippen LogP contribution is 2.30. The monoisotopic (exact) mass is 458 g/mol.